The van der Waals surface area contributed by atoms with Crippen LogP contribution in [0.5, 0.6) is 0 Å². The lowest BCUT2D eigenvalue weighted by Crippen LogP contribution is -2.23. The van der Waals surface area contributed by atoms with Gasteiger partial charge < -0.3 is 14.8 Å². The summed E-state index contributed by atoms with van der Waals surface area (Å²) >= 11 is 0. The molecule has 3 heteroatoms. The maximum atomic E-state index is 5.11. The van der Waals surface area contributed by atoms with Crippen LogP contribution in [0.1, 0.15) is 8.35 Å². The minimum Gasteiger partial charge on any atom is -0.383 e. The van der Waals surface area contributed by atoms with Crippen LogP contribution in [0.4, 0.5) is 0 Å². The zero-order valence-electron chi connectivity index (χ0n) is 6.85. The fourth-order valence-corrected chi connectivity index (χ4v) is 0.588. The van der Waals surface area contributed by atoms with Crippen molar-refractivity contribution >= 4 is 0 Å². The highest BCUT2D eigenvalue weighted by Crippen LogP contribution is 1.70. The van der Waals surface area contributed by atoms with Gasteiger partial charge in [0.1, 0.15) is 0 Å². The SMILES string of the molecule is CCOCCNCCOC.[HH]. The predicted molar refractivity (Wildman–Crippen MR) is 43.4 cm³/mol. The van der Waals surface area contributed by atoms with Gasteiger partial charge in [-0.05, 0) is 6.92 Å². The Kier molecular flexibility index (Phi) is 8.77. The molecule has 0 radical (unpaired) electrons. The van der Waals surface area contributed by atoms with Gasteiger partial charge in [0.05, 0.1) is 13.2 Å². The van der Waals surface area contributed by atoms with Crippen LogP contribution in [0, 0.1) is 0 Å². The number of rotatable bonds is 7. The average molecular weight is 149 g/mol. The van der Waals surface area contributed by atoms with Crippen molar-refractivity contribution < 1.29 is 10.9 Å². The molecular formula is C7H19NO2. The first-order valence-electron chi connectivity index (χ1n) is 3.69. The monoisotopic (exact) mass is 149 g/mol. The van der Waals surface area contributed by atoms with Crippen LogP contribution in [0.3, 0.4) is 0 Å². The van der Waals surface area contributed by atoms with Gasteiger partial charge >= 0.3 is 0 Å². The lowest BCUT2D eigenvalue weighted by Gasteiger charge is -2.02. The summed E-state index contributed by atoms with van der Waals surface area (Å²) in [5.74, 6) is 0. The number of hydrogen-bond acceptors (Lipinski definition) is 3. The van der Waals surface area contributed by atoms with Crippen molar-refractivity contribution in [3.63, 3.8) is 0 Å². The Bertz CT molecular complexity index is 56.4. The van der Waals surface area contributed by atoms with E-state index in [1.165, 1.54) is 0 Å². The normalized spacial score (nSPS) is 10.2. The molecule has 0 aliphatic rings. The fourth-order valence-electron chi connectivity index (χ4n) is 0.588. The first kappa shape index (κ1) is 9.88. The fraction of sp³-hybridized carbons (Fsp3) is 1.00. The highest BCUT2D eigenvalue weighted by Gasteiger charge is 1.84. The van der Waals surface area contributed by atoms with E-state index in [0.29, 0.717) is 0 Å². The van der Waals surface area contributed by atoms with Gasteiger partial charge in [-0.3, -0.25) is 0 Å². The summed E-state index contributed by atoms with van der Waals surface area (Å²) in [6.07, 6.45) is 0. The second-order valence-electron chi connectivity index (χ2n) is 1.94. The molecule has 0 amide bonds. The van der Waals surface area contributed by atoms with Crippen molar-refractivity contribution in [1.29, 1.82) is 0 Å². The molecule has 0 unspecified atom stereocenters. The Morgan fingerprint density at radius 3 is 2.60 bits per heavy atom. The lowest BCUT2D eigenvalue weighted by atomic mass is 10.6. The van der Waals surface area contributed by atoms with Gasteiger partial charge in [0.15, 0.2) is 0 Å². The number of hydrogen-bond donors (Lipinski definition) is 1. The van der Waals surface area contributed by atoms with Crippen LogP contribution in [0.25, 0.3) is 0 Å². The van der Waals surface area contributed by atoms with Crippen molar-refractivity contribution in [3.05, 3.63) is 0 Å². The van der Waals surface area contributed by atoms with Crippen molar-refractivity contribution in [3.8, 4) is 0 Å². The van der Waals surface area contributed by atoms with Gasteiger partial charge in [-0.15, -0.1) is 0 Å². The quantitative estimate of drug-likeness (QED) is 0.535. The van der Waals surface area contributed by atoms with Crippen molar-refractivity contribution in [1.82, 2.24) is 5.32 Å². The third-order valence-electron chi connectivity index (χ3n) is 1.11. The zero-order valence-corrected chi connectivity index (χ0v) is 6.85. The van der Waals surface area contributed by atoms with Gasteiger partial charge in [-0.1, -0.05) is 0 Å². The molecule has 0 aromatic carbocycles. The molecule has 0 atom stereocenters. The highest BCUT2D eigenvalue weighted by molar-refractivity contribution is 4.43. The smallest absolute Gasteiger partial charge is 0.0590 e. The van der Waals surface area contributed by atoms with E-state index >= 15 is 0 Å². The first-order valence-corrected chi connectivity index (χ1v) is 3.69. The van der Waals surface area contributed by atoms with E-state index in [9.17, 15) is 0 Å². The molecule has 64 valence electrons. The standard InChI is InChI=1S/C7H17NO2.H2/c1-3-10-7-5-8-4-6-9-2;/h8H,3-7H2,1-2H3;1H. The second kappa shape index (κ2) is 8.88. The number of ether oxygens (including phenoxy) is 2. The average Bonchev–Trinajstić information content (AvgIpc) is 1.97. The predicted octanol–water partition coefficient (Wildman–Crippen LogP) is 0.505. The molecule has 0 spiro atoms. The third kappa shape index (κ3) is 7.88. The van der Waals surface area contributed by atoms with E-state index in [2.05, 4.69) is 5.32 Å². The molecular weight excluding hydrogens is 130 g/mol. The van der Waals surface area contributed by atoms with E-state index < -0.39 is 0 Å². The summed E-state index contributed by atoms with van der Waals surface area (Å²) in [6.45, 7) is 6.17. The lowest BCUT2D eigenvalue weighted by molar-refractivity contribution is 0.144. The maximum absolute atomic E-state index is 5.11. The molecule has 0 aliphatic carbocycles. The largest absolute Gasteiger partial charge is 0.383 e. The van der Waals surface area contributed by atoms with Crippen LogP contribution in [0.15, 0.2) is 0 Å². The maximum Gasteiger partial charge on any atom is 0.0590 e. The van der Waals surface area contributed by atoms with Crippen LogP contribution >= 0.6 is 0 Å². The van der Waals surface area contributed by atoms with E-state index in [0.717, 1.165) is 32.9 Å². The van der Waals surface area contributed by atoms with Crippen LogP contribution < -0.4 is 5.32 Å². The minimum atomic E-state index is 0. The molecule has 0 rings (SSSR count). The van der Waals surface area contributed by atoms with Crippen LogP contribution in [-0.2, 0) is 9.47 Å². The Morgan fingerprint density at radius 1 is 1.30 bits per heavy atom. The van der Waals surface area contributed by atoms with Crippen LogP contribution in [0.2, 0.25) is 0 Å². The summed E-state index contributed by atoms with van der Waals surface area (Å²) in [5.41, 5.74) is 0. The van der Waals surface area contributed by atoms with Gasteiger partial charge in [0.25, 0.3) is 0 Å². The highest BCUT2D eigenvalue weighted by atomic mass is 16.5. The minimum absolute atomic E-state index is 0. The van der Waals surface area contributed by atoms with Crippen molar-refractivity contribution in [2.24, 2.45) is 0 Å². The summed E-state index contributed by atoms with van der Waals surface area (Å²) in [5, 5.41) is 3.17. The van der Waals surface area contributed by atoms with Crippen molar-refractivity contribution in [2.75, 3.05) is 40.0 Å². The van der Waals surface area contributed by atoms with E-state index in [1.54, 1.807) is 7.11 Å². The summed E-state index contributed by atoms with van der Waals surface area (Å²) < 4.78 is 9.96. The molecule has 10 heavy (non-hydrogen) atoms. The van der Waals surface area contributed by atoms with E-state index in [-0.39, 0.29) is 1.43 Å². The Morgan fingerprint density at radius 2 is 2.00 bits per heavy atom. The molecule has 0 fully saturated rings. The molecule has 1 N–H and O–H groups in total. The Hall–Kier alpha value is -0.120. The summed E-state index contributed by atoms with van der Waals surface area (Å²) in [6, 6.07) is 0. The number of methoxy groups -OCH3 is 1. The molecule has 0 heterocycles. The topological polar surface area (TPSA) is 30.5 Å². The van der Waals surface area contributed by atoms with Gasteiger partial charge in [-0.25, -0.2) is 0 Å². The number of nitrogens with one attached hydrogen (secondary N) is 1. The van der Waals surface area contributed by atoms with Gasteiger partial charge in [0, 0.05) is 28.2 Å². The molecule has 0 saturated heterocycles. The summed E-state index contributed by atoms with van der Waals surface area (Å²) in [4.78, 5) is 0. The molecule has 0 bridgehead atoms. The molecule has 0 aromatic heterocycles. The summed E-state index contributed by atoms with van der Waals surface area (Å²) in [7, 11) is 1.70. The van der Waals surface area contributed by atoms with Crippen molar-refractivity contribution in [2.45, 2.75) is 6.92 Å². The first-order chi connectivity index (χ1) is 4.91. The molecule has 3 nitrogen and oxygen atoms in total. The Balaban J connectivity index is 0. The Labute approximate surface area is 64.2 Å². The molecule has 0 aromatic rings. The van der Waals surface area contributed by atoms with E-state index in [4.69, 9.17) is 9.47 Å². The van der Waals surface area contributed by atoms with E-state index in [1.807, 2.05) is 6.92 Å². The van der Waals surface area contributed by atoms with Gasteiger partial charge in [-0.2, -0.15) is 0 Å². The zero-order chi connectivity index (χ0) is 7.66. The van der Waals surface area contributed by atoms with Crippen LogP contribution in [-0.4, -0.2) is 40.0 Å². The molecule has 0 aliphatic heterocycles. The second-order valence-corrected chi connectivity index (χ2v) is 1.94. The third-order valence-corrected chi connectivity index (χ3v) is 1.11. The molecule has 0 saturated carbocycles. The van der Waals surface area contributed by atoms with Gasteiger partial charge in [0.2, 0.25) is 0 Å².